The van der Waals surface area contributed by atoms with E-state index in [1.54, 1.807) is 19.1 Å². The molecule has 0 radical (unpaired) electrons. The second kappa shape index (κ2) is 7.15. The topological polar surface area (TPSA) is 83.6 Å². The molecule has 1 saturated carbocycles. The fraction of sp³-hybridized carbons (Fsp3) is 0.556. The Bertz CT molecular complexity index is 746. The number of nitrogens with one attached hydrogen (secondary N) is 1. The predicted octanol–water partition coefficient (Wildman–Crippen LogP) is 2.07. The molecule has 1 aromatic rings. The van der Waals surface area contributed by atoms with E-state index in [0.717, 1.165) is 12.8 Å². The number of hydrogen-bond acceptors (Lipinski definition) is 4. The lowest BCUT2D eigenvalue weighted by atomic mass is 9.95. The molecule has 0 atom stereocenters. The van der Waals surface area contributed by atoms with Gasteiger partial charge in [-0.05, 0) is 49.9 Å². The van der Waals surface area contributed by atoms with E-state index >= 15 is 0 Å². The molecule has 0 aromatic heterocycles. The molecule has 2 amide bonds. The van der Waals surface area contributed by atoms with Gasteiger partial charge < -0.3 is 10.2 Å². The molecule has 3 rings (SSSR count). The van der Waals surface area contributed by atoms with Crippen molar-refractivity contribution in [3.63, 3.8) is 0 Å². The summed E-state index contributed by atoms with van der Waals surface area (Å²) in [5, 5.41) is 2.85. The highest BCUT2D eigenvalue weighted by molar-refractivity contribution is 7.91. The minimum Gasteiger partial charge on any atom is -0.342 e. The van der Waals surface area contributed by atoms with Gasteiger partial charge in [0, 0.05) is 30.6 Å². The fourth-order valence-corrected chi connectivity index (χ4v) is 3.99. The van der Waals surface area contributed by atoms with Crippen molar-refractivity contribution in [2.45, 2.75) is 37.5 Å². The maximum atomic E-state index is 12.4. The molecule has 1 saturated heterocycles. The lowest BCUT2D eigenvalue weighted by molar-refractivity contribution is -0.135. The van der Waals surface area contributed by atoms with Crippen molar-refractivity contribution in [3.8, 4) is 0 Å². The number of carbonyl (C=O) groups excluding carboxylic acids is 2. The zero-order valence-electron chi connectivity index (χ0n) is 14.4. The van der Waals surface area contributed by atoms with Crippen LogP contribution in [0.15, 0.2) is 29.2 Å². The van der Waals surface area contributed by atoms with E-state index in [0.29, 0.717) is 31.6 Å². The average Bonchev–Trinajstić information content (AvgIpc) is 3.47. The molecule has 0 unspecified atom stereocenters. The van der Waals surface area contributed by atoms with Gasteiger partial charge in [0.05, 0.1) is 10.6 Å². The van der Waals surface area contributed by atoms with E-state index < -0.39 is 9.84 Å². The molecular formula is C18H24N2O4S. The van der Waals surface area contributed by atoms with Gasteiger partial charge in [0.25, 0.3) is 0 Å². The van der Waals surface area contributed by atoms with Crippen LogP contribution in [0.4, 0.5) is 5.69 Å². The number of carbonyl (C=O) groups is 2. The minimum atomic E-state index is -3.23. The molecule has 1 aromatic carbocycles. The highest BCUT2D eigenvalue weighted by Gasteiger charge is 2.35. The fourth-order valence-electron chi connectivity index (χ4n) is 3.11. The van der Waals surface area contributed by atoms with Crippen molar-refractivity contribution in [2.75, 3.05) is 24.2 Å². The molecule has 1 aliphatic carbocycles. The maximum absolute atomic E-state index is 12.4. The predicted molar refractivity (Wildman–Crippen MR) is 94.8 cm³/mol. The smallest absolute Gasteiger partial charge is 0.227 e. The molecule has 2 aliphatic rings. The van der Waals surface area contributed by atoms with Crippen LogP contribution in [0.5, 0.6) is 0 Å². The molecule has 136 valence electrons. The molecule has 0 bridgehead atoms. The highest BCUT2D eigenvalue weighted by atomic mass is 32.2. The molecule has 2 fully saturated rings. The summed E-state index contributed by atoms with van der Waals surface area (Å²) in [7, 11) is -3.23. The monoisotopic (exact) mass is 364 g/mol. The number of likely N-dealkylation sites (tertiary alicyclic amines) is 1. The van der Waals surface area contributed by atoms with Gasteiger partial charge in [-0.1, -0.05) is 6.92 Å². The molecule has 25 heavy (non-hydrogen) atoms. The number of anilines is 1. The minimum absolute atomic E-state index is 0.0524. The number of sulfone groups is 1. The zero-order valence-corrected chi connectivity index (χ0v) is 15.2. The Balaban J connectivity index is 1.53. The summed E-state index contributed by atoms with van der Waals surface area (Å²) in [5.74, 6) is 0.346. The van der Waals surface area contributed by atoms with Crippen LogP contribution < -0.4 is 5.32 Å². The molecule has 1 N–H and O–H groups in total. The van der Waals surface area contributed by atoms with E-state index in [-0.39, 0.29) is 34.3 Å². The third kappa shape index (κ3) is 4.21. The lowest BCUT2D eigenvalue weighted by Gasteiger charge is -2.31. The van der Waals surface area contributed by atoms with E-state index in [4.69, 9.17) is 0 Å². The second-order valence-corrected chi connectivity index (χ2v) is 9.07. The molecule has 1 heterocycles. The van der Waals surface area contributed by atoms with Crippen molar-refractivity contribution < 1.29 is 18.0 Å². The first-order valence-electron chi connectivity index (χ1n) is 8.83. The first kappa shape index (κ1) is 17.9. The van der Waals surface area contributed by atoms with Crippen molar-refractivity contribution >= 4 is 27.3 Å². The van der Waals surface area contributed by atoms with Crippen LogP contribution in [0.2, 0.25) is 0 Å². The molecule has 0 spiro atoms. The van der Waals surface area contributed by atoms with E-state index in [9.17, 15) is 18.0 Å². The van der Waals surface area contributed by atoms with Gasteiger partial charge in [0.2, 0.25) is 11.8 Å². The number of hydrogen-bond donors (Lipinski definition) is 1. The zero-order chi connectivity index (χ0) is 18.0. The quantitative estimate of drug-likeness (QED) is 0.867. The summed E-state index contributed by atoms with van der Waals surface area (Å²) in [6.07, 6.45) is 3.35. The van der Waals surface area contributed by atoms with Crippen LogP contribution in [0.3, 0.4) is 0 Å². The van der Waals surface area contributed by atoms with Gasteiger partial charge in [-0.2, -0.15) is 0 Å². The maximum Gasteiger partial charge on any atom is 0.227 e. The largest absolute Gasteiger partial charge is 0.342 e. The van der Waals surface area contributed by atoms with Crippen LogP contribution in [-0.4, -0.2) is 44.0 Å². The van der Waals surface area contributed by atoms with Crippen molar-refractivity contribution in [2.24, 2.45) is 11.8 Å². The first-order chi connectivity index (χ1) is 11.9. The number of amides is 2. The first-order valence-corrected chi connectivity index (χ1v) is 10.5. The Labute approximate surface area is 148 Å². The van der Waals surface area contributed by atoms with Gasteiger partial charge in [0.15, 0.2) is 9.84 Å². The molecule has 6 nitrogen and oxygen atoms in total. The second-order valence-electron chi connectivity index (χ2n) is 6.79. The van der Waals surface area contributed by atoms with Crippen molar-refractivity contribution in [1.82, 2.24) is 4.90 Å². The van der Waals surface area contributed by atoms with Gasteiger partial charge in [-0.3, -0.25) is 9.59 Å². The van der Waals surface area contributed by atoms with Crippen molar-refractivity contribution in [1.29, 1.82) is 0 Å². The van der Waals surface area contributed by atoms with Crippen LogP contribution in [0.25, 0.3) is 0 Å². The lowest BCUT2D eigenvalue weighted by Crippen LogP contribution is -2.42. The molecule has 1 aliphatic heterocycles. The number of benzene rings is 1. The highest BCUT2D eigenvalue weighted by Crippen LogP contribution is 2.32. The van der Waals surface area contributed by atoms with Gasteiger partial charge in [0.1, 0.15) is 0 Å². The van der Waals surface area contributed by atoms with E-state index in [1.807, 2.05) is 4.90 Å². The van der Waals surface area contributed by atoms with E-state index in [1.165, 1.54) is 12.1 Å². The molecule has 7 heteroatoms. The summed E-state index contributed by atoms with van der Waals surface area (Å²) in [6.45, 7) is 2.88. The van der Waals surface area contributed by atoms with Gasteiger partial charge >= 0.3 is 0 Å². The van der Waals surface area contributed by atoms with Gasteiger partial charge in [-0.25, -0.2) is 8.42 Å². The Hall–Kier alpha value is -1.89. The third-order valence-corrected chi connectivity index (χ3v) is 6.72. The Morgan fingerprint density at radius 3 is 2.16 bits per heavy atom. The Morgan fingerprint density at radius 2 is 1.64 bits per heavy atom. The summed E-state index contributed by atoms with van der Waals surface area (Å²) >= 11 is 0. The van der Waals surface area contributed by atoms with Crippen LogP contribution in [0, 0.1) is 11.8 Å². The van der Waals surface area contributed by atoms with Crippen LogP contribution >= 0.6 is 0 Å². The normalized spacial score (nSPS) is 18.8. The standard InChI is InChI=1S/C18H24N2O4S/c1-2-25(23,24)16-7-5-15(6-8-16)19-17(21)13-9-11-20(12-10-13)18(22)14-3-4-14/h5-8,13-14H,2-4,9-12H2,1H3,(H,19,21). The Kier molecular flexibility index (Phi) is 5.13. The average molecular weight is 364 g/mol. The Morgan fingerprint density at radius 1 is 1.04 bits per heavy atom. The number of rotatable bonds is 5. The third-order valence-electron chi connectivity index (χ3n) is 4.97. The summed E-state index contributed by atoms with van der Waals surface area (Å²) in [5.41, 5.74) is 0.594. The van der Waals surface area contributed by atoms with Crippen LogP contribution in [0.1, 0.15) is 32.6 Å². The summed E-state index contributed by atoms with van der Waals surface area (Å²) in [4.78, 5) is 26.6. The number of piperidine rings is 1. The SMILES string of the molecule is CCS(=O)(=O)c1ccc(NC(=O)C2CCN(C(=O)C3CC3)CC2)cc1. The van der Waals surface area contributed by atoms with Crippen LogP contribution in [-0.2, 0) is 19.4 Å². The van der Waals surface area contributed by atoms with Crippen molar-refractivity contribution in [3.05, 3.63) is 24.3 Å². The molecular weight excluding hydrogens is 340 g/mol. The summed E-state index contributed by atoms with van der Waals surface area (Å²) < 4.78 is 23.6. The van der Waals surface area contributed by atoms with E-state index in [2.05, 4.69) is 5.32 Å². The summed E-state index contributed by atoms with van der Waals surface area (Å²) in [6, 6.07) is 6.27. The number of nitrogens with zero attached hydrogens (tertiary/aromatic N) is 1. The van der Waals surface area contributed by atoms with Gasteiger partial charge in [-0.15, -0.1) is 0 Å².